The number of carbonyl (C=O) groups is 3. The lowest BCUT2D eigenvalue weighted by molar-refractivity contribution is -0.133. The quantitative estimate of drug-likeness (QED) is 0.737. The monoisotopic (exact) mass is 395 g/mol. The number of aryl methyl sites for hydroxylation is 2. The smallest absolute Gasteiger partial charge is 0.325 e. The van der Waals surface area contributed by atoms with Gasteiger partial charge in [-0.25, -0.2) is 4.79 Å². The highest BCUT2D eigenvalue weighted by atomic mass is 16.5. The maximum Gasteiger partial charge on any atom is 0.325 e. The van der Waals surface area contributed by atoms with Crippen LogP contribution >= 0.6 is 0 Å². The summed E-state index contributed by atoms with van der Waals surface area (Å²) in [6, 6.07) is 12.4. The number of imide groups is 1. The van der Waals surface area contributed by atoms with E-state index in [2.05, 4.69) is 10.6 Å². The molecule has 2 aromatic rings. The molecule has 0 aromatic heterocycles. The number of urea groups is 1. The Labute approximate surface area is 170 Å². The Morgan fingerprint density at radius 3 is 2.59 bits per heavy atom. The Morgan fingerprint density at radius 2 is 1.90 bits per heavy atom. The molecule has 1 aliphatic rings. The largest absolute Gasteiger partial charge is 0.496 e. The summed E-state index contributed by atoms with van der Waals surface area (Å²) >= 11 is 0. The number of nitrogens with one attached hydrogen (secondary N) is 2. The summed E-state index contributed by atoms with van der Waals surface area (Å²) < 4.78 is 5.34. The molecule has 0 unspecified atom stereocenters. The topological polar surface area (TPSA) is 87.7 Å². The minimum atomic E-state index is -1.15. The predicted octanol–water partition coefficient (Wildman–Crippen LogP) is 2.80. The second-order valence-corrected chi connectivity index (χ2v) is 7.51. The zero-order chi connectivity index (χ0) is 21.2. The molecule has 0 spiro atoms. The van der Waals surface area contributed by atoms with Gasteiger partial charge in [0, 0.05) is 12.1 Å². The lowest BCUT2D eigenvalue weighted by Crippen LogP contribution is -2.46. The van der Waals surface area contributed by atoms with Gasteiger partial charge in [-0.3, -0.25) is 14.5 Å². The zero-order valence-corrected chi connectivity index (χ0v) is 17.0. The van der Waals surface area contributed by atoms with Crippen LogP contribution in [-0.4, -0.2) is 41.9 Å². The predicted molar refractivity (Wildman–Crippen MR) is 110 cm³/mol. The highest BCUT2D eigenvalue weighted by Gasteiger charge is 2.48. The second kappa shape index (κ2) is 7.95. The van der Waals surface area contributed by atoms with Crippen LogP contribution in [0.15, 0.2) is 42.5 Å². The van der Waals surface area contributed by atoms with E-state index in [0.717, 1.165) is 21.6 Å². The summed E-state index contributed by atoms with van der Waals surface area (Å²) in [5.74, 6) is -0.229. The van der Waals surface area contributed by atoms with Crippen molar-refractivity contribution in [2.75, 3.05) is 19.0 Å². The van der Waals surface area contributed by atoms with Crippen molar-refractivity contribution in [3.8, 4) is 5.75 Å². The van der Waals surface area contributed by atoms with E-state index in [1.165, 1.54) is 0 Å². The van der Waals surface area contributed by atoms with Crippen molar-refractivity contribution in [2.45, 2.75) is 32.7 Å². The van der Waals surface area contributed by atoms with Crippen molar-refractivity contribution in [1.82, 2.24) is 10.2 Å². The lowest BCUT2D eigenvalue weighted by atomic mass is 9.92. The molecule has 0 bridgehead atoms. The second-order valence-electron chi connectivity index (χ2n) is 7.51. The van der Waals surface area contributed by atoms with Gasteiger partial charge in [0.05, 0.1) is 7.11 Å². The number of hydrogen-bond acceptors (Lipinski definition) is 4. The summed E-state index contributed by atoms with van der Waals surface area (Å²) in [5.41, 5.74) is 2.31. The van der Waals surface area contributed by atoms with Gasteiger partial charge >= 0.3 is 6.03 Å². The van der Waals surface area contributed by atoms with Crippen molar-refractivity contribution >= 4 is 23.5 Å². The number of rotatable bonds is 6. The van der Waals surface area contributed by atoms with Crippen LogP contribution in [0, 0.1) is 13.8 Å². The van der Waals surface area contributed by atoms with Crippen LogP contribution in [0.1, 0.15) is 23.6 Å². The first-order valence-corrected chi connectivity index (χ1v) is 9.36. The van der Waals surface area contributed by atoms with E-state index < -0.39 is 23.4 Å². The normalized spacial score (nSPS) is 18.6. The molecule has 1 saturated heterocycles. The highest BCUT2D eigenvalue weighted by molar-refractivity contribution is 6.10. The molecule has 1 fully saturated rings. The molecule has 152 valence electrons. The number of para-hydroxylation sites is 1. The van der Waals surface area contributed by atoms with Gasteiger partial charge in [0.25, 0.3) is 5.91 Å². The molecule has 1 atom stereocenters. The number of benzene rings is 2. The van der Waals surface area contributed by atoms with Crippen LogP contribution in [0.3, 0.4) is 0 Å². The Hall–Kier alpha value is -3.35. The van der Waals surface area contributed by atoms with Crippen molar-refractivity contribution < 1.29 is 19.1 Å². The fourth-order valence-corrected chi connectivity index (χ4v) is 3.53. The fraction of sp³-hybridized carbons (Fsp3) is 0.318. The molecular formula is C22H25N3O4. The zero-order valence-electron chi connectivity index (χ0n) is 17.0. The van der Waals surface area contributed by atoms with Crippen LogP contribution in [0.25, 0.3) is 0 Å². The van der Waals surface area contributed by atoms with E-state index in [1.807, 2.05) is 44.2 Å². The van der Waals surface area contributed by atoms with E-state index in [0.29, 0.717) is 11.4 Å². The molecule has 1 heterocycles. The molecule has 3 rings (SSSR count). The first-order valence-electron chi connectivity index (χ1n) is 9.36. The number of nitrogens with zero attached hydrogens (tertiary/aromatic N) is 1. The van der Waals surface area contributed by atoms with Crippen LogP contribution in [0.4, 0.5) is 10.5 Å². The van der Waals surface area contributed by atoms with Crippen molar-refractivity contribution in [1.29, 1.82) is 0 Å². The van der Waals surface area contributed by atoms with Crippen LogP contribution < -0.4 is 15.4 Å². The van der Waals surface area contributed by atoms with E-state index in [9.17, 15) is 14.4 Å². The molecule has 0 aliphatic carbocycles. The number of hydrogen-bond donors (Lipinski definition) is 2. The van der Waals surface area contributed by atoms with Crippen molar-refractivity contribution in [3.63, 3.8) is 0 Å². The number of methoxy groups -OCH3 is 1. The molecule has 2 N–H and O–H groups in total. The molecule has 29 heavy (non-hydrogen) atoms. The van der Waals surface area contributed by atoms with E-state index >= 15 is 0 Å². The van der Waals surface area contributed by atoms with E-state index in [1.54, 1.807) is 26.2 Å². The van der Waals surface area contributed by atoms with E-state index in [-0.39, 0.29) is 13.0 Å². The summed E-state index contributed by atoms with van der Waals surface area (Å²) in [6.45, 7) is 5.16. The highest BCUT2D eigenvalue weighted by Crippen LogP contribution is 2.27. The number of amides is 4. The minimum absolute atomic E-state index is 0.261. The van der Waals surface area contributed by atoms with Gasteiger partial charge in [-0.2, -0.15) is 0 Å². The average Bonchev–Trinajstić information content (AvgIpc) is 2.87. The first-order chi connectivity index (χ1) is 13.7. The Bertz CT molecular complexity index is 972. The lowest BCUT2D eigenvalue weighted by Gasteiger charge is -2.22. The fourth-order valence-electron chi connectivity index (χ4n) is 3.53. The van der Waals surface area contributed by atoms with Gasteiger partial charge in [-0.1, -0.05) is 35.9 Å². The molecule has 2 aromatic carbocycles. The molecule has 1 aliphatic heterocycles. The third-order valence-corrected chi connectivity index (χ3v) is 5.04. The van der Waals surface area contributed by atoms with Crippen molar-refractivity contribution in [3.05, 3.63) is 59.2 Å². The summed E-state index contributed by atoms with van der Waals surface area (Å²) in [4.78, 5) is 38.8. The Balaban J connectivity index is 1.72. The summed E-state index contributed by atoms with van der Waals surface area (Å²) in [6.07, 6.45) is 0.261. The average molecular weight is 395 g/mol. The first kappa shape index (κ1) is 20.4. The van der Waals surface area contributed by atoms with Crippen LogP contribution in [-0.2, 0) is 16.0 Å². The molecule has 7 heteroatoms. The SMILES string of the molecule is COc1ccccc1C[C@]1(C)NC(=O)N(CC(=O)Nc2ccc(C)cc2C)C1=O. The third-order valence-electron chi connectivity index (χ3n) is 5.04. The summed E-state index contributed by atoms with van der Waals surface area (Å²) in [5, 5.41) is 5.49. The minimum Gasteiger partial charge on any atom is -0.496 e. The number of carbonyl (C=O) groups excluding carboxylic acids is 3. The molecule has 0 saturated carbocycles. The standard InChI is InChI=1S/C22H25N3O4/c1-14-9-10-17(15(2)11-14)23-19(26)13-25-20(27)22(3,24-21(25)28)12-16-7-5-6-8-18(16)29-4/h5-11H,12-13H2,1-4H3,(H,23,26)(H,24,28)/t22-/m0/s1. The molecule has 0 radical (unpaired) electrons. The Kier molecular flexibility index (Phi) is 5.59. The van der Waals surface area contributed by atoms with Gasteiger partial charge in [0.15, 0.2) is 0 Å². The van der Waals surface area contributed by atoms with Gasteiger partial charge in [0.2, 0.25) is 5.91 Å². The van der Waals surface area contributed by atoms with Gasteiger partial charge in [0.1, 0.15) is 17.8 Å². The number of ether oxygens (including phenoxy) is 1. The van der Waals surface area contributed by atoms with Crippen LogP contribution in [0.2, 0.25) is 0 Å². The van der Waals surface area contributed by atoms with Crippen molar-refractivity contribution in [2.24, 2.45) is 0 Å². The van der Waals surface area contributed by atoms with E-state index in [4.69, 9.17) is 4.74 Å². The van der Waals surface area contributed by atoms with Gasteiger partial charge in [-0.15, -0.1) is 0 Å². The van der Waals surface area contributed by atoms with Gasteiger partial charge < -0.3 is 15.4 Å². The maximum atomic E-state index is 13.0. The molecular weight excluding hydrogens is 370 g/mol. The molecule has 4 amide bonds. The molecule has 7 nitrogen and oxygen atoms in total. The maximum absolute atomic E-state index is 13.0. The summed E-state index contributed by atoms with van der Waals surface area (Å²) in [7, 11) is 1.56. The Morgan fingerprint density at radius 1 is 1.17 bits per heavy atom. The van der Waals surface area contributed by atoms with Crippen LogP contribution in [0.5, 0.6) is 5.75 Å². The number of anilines is 1. The third kappa shape index (κ3) is 4.23. The van der Waals surface area contributed by atoms with Gasteiger partial charge in [-0.05, 0) is 44.0 Å².